The number of halogens is 3. The molecule has 0 aromatic heterocycles. The van der Waals surface area contributed by atoms with Gasteiger partial charge < -0.3 is 10.2 Å². The topological polar surface area (TPSA) is 86.8 Å². The number of aryl methyl sites for hydroxylation is 1. The van der Waals surface area contributed by atoms with E-state index < -0.39 is 28.5 Å². The SMILES string of the molecule is CCCCNC(=O)C(C)N(Cc1ccc(Cl)cc1Cl)C(=O)CN(c1ccc(Br)c(C)c1)S(C)(=O)=O. The molecule has 0 aliphatic rings. The number of anilines is 1. The first-order valence-electron chi connectivity index (χ1n) is 11.1. The van der Waals surface area contributed by atoms with Crippen LogP contribution >= 0.6 is 39.1 Å². The predicted molar refractivity (Wildman–Crippen MR) is 145 cm³/mol. The number of amides is 2. The first kappa shape index (κ1) is 29.4. The highest BCUT2D eigenvalue weighted by molar-refractivity contribution is 9.10. The Morgan fingerprint density at radius 3 is 2.40 bits per heavy atom. The summed E-state index contributed by atoms with van der Waals surface area (Å²) in [5, 5.41) is 3.62. The lowest BCUT2D eigenvalue weighted by atomic mass is 10.1. The summed E-state index contributed by atoms with van der Waals surface area (Å²) in [5.41, 5.74) is 1.76. The molecule has 35 heavy (non-hydrogen) atoms. The summed E-state index contributed by atoms with van der Waals surface area (Å²) in [6.07, 6.45) is 2.76. The van der Waals surface area contributed by atoms with Gasteiger partial charge in [-0.3, -0.25) is 13.9 Å². The molecule has 0 radical (unpaired) electrons. The van der Waals surface area contributed by atoms with Gasteiger partial charge in [-0.1, -0.05) is 58.5 Å². The monoisotopic (exact) mass is 605 g/mol. The Kier molecular flexibility index (Phi) is 10.9. The van der Waals surface area contributed by atoms with E-state index in [1.54, 1.807) is 43.3 Å². The number of benzene rings is 2. The van der Waals surface area contributed by atoms with Crippen LogP contribution in [0.25, 0.3) is 0 Å². The van der Waals surface area contributed by atoms with Gasteiger partial charge in [0, 0.05) is 27.6 Å². The van der Waals surface area contributed by atoms with E-state index in [0.29, 0.717) is 27.8 Å². The zero-order chi connectivity index (χ0) is 26.3. The number of carbonyl (C=O) groups is 2. The molecule has 0 heterocycles. The molecule has 0 saturated heterocycles. The van der Waals surface area contributed by atoms with Crippen LogP contribution in [0.1, 0.15) is 37.8 Å². The van der Waals surface area contributed by atoms with E-state index >= 15 is 0 Å². The Balaban J connectivity index is 2.40. The van der Waals surface area contributed by atoms with Gasteiger partial charge in [0.1, 0.15) is 12.6 Å². The maximum absolute atomic E-state index is 13.5. The molecule has 1 N–H and O–H groups in total. The Bertz CT molecular complexity index is 1180. The van der Waals surface area contributed by atoms with E-state index in [2.05, 4.69) is 21.2 Å². The Morgan fingerprint density at radius 1 is 1.14 bits per heavy atom. The van der Waals surface area contributed by atoms with Gasteiger partial charge in [0.15, 0.2) is 0 Å². The zero-order valence-electron chi connectivity index (χ0n) is 20.1. The largest absolute Gasteiger partial charge is 0.354 e. The van der Waals surface area contributed by atoms with E-state index in [9.17, 15) is 18.0 Å². The third-order valence-electron chi connectivity index (χ3n) is 5.46. The molecule has 2 amide bonds. The van der Waals surface area contributed by atoms with E-state index in [-0.39, 0.29) is 12.5 Å². The first-order valence-corrected chi connectivity index (χ1v) is 14.5. The smallest absolute Gasteiger partial charge is 0.244 e. The van der Waals surface area contributed by atoms with Crippen molar-refractivity contribution in [3.05, 3.63) is 62.0 Å². The highest BCUT2D eigenvalue weighted by atomic mass is 79.9. The average molecular weight is 607 g/mol. The fourth-order valence-corrected chi connectivity index (χ4v) is 4.91. The van der Waals surface area contributed by atoms with Gasteiger partial charge in [-0.25, -0.2) is 8.42 Å². The molecule has 0 saturated carbocycles. The Labute approximate surface area is 225 Å². The third-order valence-corrected chi connectivity index (χ3v) is 8.08. The van der Waals surface area contributed by atoms with Crippen molar-refractivity contribution in [2.24, 2.45) is 0 Å². The van der Waals surface area contributed by atoms with E-state index in [1.807, 2.05) is 13.8 Å². The van der Waals surface area contributed by atoms with Crippen LogP contribution in [0.2, 0.25) is 10.0 Å². The fraction of sp³-hybridized carbons (Fsp3) is 0.417. The minimum absolute atomic E-state index is 0.00810. The number of sulfonamides is 1. The van der Waals surface area contributed by atoms with Crippen LogP contribution in [0.15, 0.2) is 40.9 Å². The normalized spacial score (nSPS) is 12.2. The second-order valence-corrected chi connectivity index (χ2v) is 11.9. The summed E-state index contributed by atoms with van der Waals surface area (Å²) in [5.74, 6) is -0.873. The van der Waals surface area contributed by atoms with Gasteiger partial charge in [0.25, 0.3) is 0 Å². The number of nitrogens with zero attached hydrogens (tertiary/aromatic N) is 2. The second kappa shape index (κ2) is 12.9. The van der Waals surface area contributed by atoms with E-state index in [4.69, 9.17) is 23.2 Å². The summed E-state index contributed by atoms with van der Waals surface area (Å²) in [6, 6.07) is 9.04. The molecular formula is C24H30BrCl2N3O4S. The minimum atomic E-state index is -3.80. The molecule has 2 rings (SSSR count). The van der Waals surface area contributed by atoms with Crippen LogP contribution < -0.4 is 9.62 Å². The number of unbranched alkanes of at least 4 members (excludes halogenated alkanes) is 1. The molecule has 7 nitrogen and oxygen atoms in total. The minimum Gasteiger partial charge on any atom is -0.354 e. The molecule has 1 unspecified atom stereocenters. The maximum Gasteiger partial charge on any atom is 0.244 e. The first-order chi connectivity index (χ1) is 16.3. The molecule has 2 aromatic carbocycles. The fourth-order valence-electron chi connectivity index (χ4n) is 3.35. The number of nitrogens with one attached hydrogen (secondary N) is 1. The van der Waals surface area contributed by atoms with Crippen molar-refractivity contribution in [2.75, 3.05) is 23.7 Å². The molecule has 11 heteroatoms. The molecule has 0 spiro atoms. The number of rotatable bonds is 11. The lowest BCUT2D eigenvalue weighted by molar-refractivity contribution is -0.139. The van der Waals surface area contributed by atoms with E-state index in [0.717, 1.165) is 33.4 Å². The predicted octanol–water partition coefficient (Wildman–Crippen LogP) is 5.16. The van der Waals surface area contributed by atoms with Crippen molar-refractivity contribution in [3.63, 3.8) is 0 Å². The Morgan fingerprint density at radius 2 is 1.83 bits per heavy atom. The summed E-state index contributed by atoms with van der Waals surface area (Å²) in [4.78, 5) is 27.7. The molecular weight excluding hydrogens is 577 g/mol. The summed E-state index contributed by atoms with van der Waals surface area (Å²) < 4.78 is 27.1. The van der Waals surface area contributed by atoms with Crippen molar-refractivity contribution in [1.29, 1.82) is 0 Å². The van der Waals surface area contributed by atoms with Crippen molar-refractivity contribution in [1.82, 2.24) is 10.2 Å². The van der Waals surface area contributed by atoms with Gasteiger partial charge in [0.05, 0.1) is 11.9 Å². The molecule has 1 atom stereocenters. The van der Waals surface area contributed by atoms with Crippen LogP contribution in [0.5, 0.6) is 0 Å². The lowest BCUT2D eigenvalue weighted by Gasteiger charge is -2.31. The van der Waals surface area contributed by atoms with Gasteiger partial charge in [-0.05, 0) is 61.7 Å². The summed E-state index contributed by atoms with van der Waals surface area (Å²) >= 11 is 15.7. The number of hydrogen-bond donors (Lipinski definition) is 1. The van der Waals surface area contributed by atoms with Crippen LogP contribution in [0.4, 0.5) is 5.69 Å². The van der Waals surface area contributed by atoms with Crippen LogP contribution in [-0.2, 0) is 26.2 Å². The standard InChI is InChI=1S/C24H30BrCl2N3O4S/c1-5-6-11-28-24(32)17(3)29(14-18-7-8-19(26)13-22(18)27)23(31)15-30(35(4,33)34)20-9-10-21(25)16(2)12-20/h7-10,12-13,17H,5-6,11,14-15H2,1-4H3,(H,28,32). The molecule has 0 aliphatic carbocycles. The quantitative estimate of drug-likeness (QED) is 0.358. The van der Waals surface area contributed by atoms with Crippen LogP contribution in [-0.4, -0.2) is 50.5 Å². The zero-order valence-corrected chi connectivity index (χ0v) is 24.1. The maximum atomic E-state index is 13.5. The number of carbonyl (C=O) groups excluding carboxylic acids is 2. The highest BCUT2D eigenvalue weighted by Crippen LogP contribution is 2.26. The van der Waals surface area contributed by atoms with Crippen molar-refractivity contribution in [2.45, 2.75) is 46.2 Å². The molecule has 192 valence electrons. The van der Waals surface area contributed by atoms with E-state index in [1.165, 1.54) is 4.90 Å². The second-order valence-electron chi connectivity index (χ2n) is 8.28. The summed E-state index contributed by atoms with van der Waals surface area (Å²) in [6.45, 7) is 5.46. The molecule has 0 fully saturated rings. The van der Waals surface area contributed by atoms with Crippen LogP contribution in [0, 0.1) is 6.92 Å². The van der Waals surface area contributed by atoms with Gasteiger partial charge in [-0.2, -0.15) is 0 Å². The van der Waals surface area contributed by atoms with Crippen molar-refractivity contribution >= 4 is 66.7 Å². The Hall–Kier alpha value is -1.81. The van der Waals surface area contributed by atoms with Crippen molar-refractivity contribution < 1.29 is 18.0 Å². The summed E-state index contributed by atoms with van der Waals surface area (Å²) in [7, 11) is -3.80. The van der Waals surface area contributed by atoms with Crippen molar-refractivity contribution in [3.8, 4) is 0 Å². The molecule has 2 aromatic rings. The third kappa shape index (κ3) is 8.37. The average Bonchev–Trinajstić information content (AvgIpc) is 2.77. The van der Waals surface area contributed by atoms with Gasteiger partial charge >= 0.3 is 0 Å². The highest BCUT2D eigenvalue weighted by Gasteiger charge is 2.30. The van der Waals surface area contributed by atoms with Crippen LogP contribution in [0.3, 0.4) is 0 Å². The lowest BCUT2D eigenvalue weighted by Crippen LogP contribution is -2.51. The molecule has 0 bridgehead atoms. The van der Waals surface area contributed by atoms with Gasteiger partial charge in [0.2, 0.25) is 21.8 Å². The number of hydrogen-bond acceptors (Lipinski definition) is 4. The van der Waals surface area contributed by atoms with Gasteiger partial charge in [-0.15, -0.1) is 0 Å². The molecule has 0 aliphatic heterocycles.